The van der Waals surface area contributed by atoms with Crippen molar-refractivity contribution in [3.63, 3.8) is 0 Å². The molecule has 0 saturated heterocycles. The van der Waals surface area contributed by atoms with Gasteiger partial charge in [0.1, 0.15) is 0 Å². The first-order valence-electron chi connectivity index (χ1n) is 10.4. The predicted molar refractivity (Wildman–Crippen MR) is 114 cm³/mol. The summed E-state index contributed by atoms with van der Waals surface area (Å²) in [6.07, 6.45) is 5.89. The third-order valence-electron chi connectivity index (χ3n) is 5.56. The standard InChI is InChI=1S/C23H28N4O2/c28-23(18-6-11-22-19(14-18)15-25-27-22)26-21-9-7-20(8-10-21)24-12-13-29-16-17-4-2-1-3-5-17/h1-6,11,14-15,20-21,24H,7-10,12-13,16H2,(H,25,27)(H,26,28). The molecule has 0 aliphatic heterocycles. The second-order valence-electron chi connectivity index (χ2n) is 7.69. The Bertz CT molecular complexity index is 917. The summed E-state index contributed by atoms with van der Waals surface area (Å²) in [6.45, 7) is 2.23. The number of amides is 1. The van der Waals surface area contributed by atoms with Crippen LogP contribution in [0.25, 0.3) is 10.9 Å². The number of carbonyl (C=O) groups is 1. The molecule has 1 saturated carbocycles. The molecule has 1 fully saturated rings. The number of H-pyrrole nitrogens is 1. The average Bonchev–Trinajstić information content (AvgIpc) is 3.23. The Kier molecular flexibility index (Phi) is 6.54. The van der Waals surface area contributed by atoms with Crippen LogP contribution in [0.2, 0.25) is 0 Å². The van der Waals surface area contributed by atoms with E-state index in [1.54, 1.807) is 6.20 Å². The minimum atomic E-state index is -0.00109. The van der Waals surface area contributed by atoms with Crippen molar-refractivity contribution in [2.24, 2.45) is 0 Å². The molecule has 0 unspecified atom stereocenters. The van der Waals surface area contributed by atoms with Gasteiger partial charge in [-0.05, 0) is 49.4 Å². The highest BCUT2D eigenvalue weighted by atomic mass is 16.5. The Balaban J connectivity index is 1.13. The molecule has 29 heavy (non-hydrogen) atoms. The van der Waals surface area contributed by atoms with Crippen molar-refractivity contribution < 1.29 is 9.53 Å². The minimum absolute atomic E-state index is 0.00109. The van der Waals surface area contributed by atoms with Gasteiger partial charge >= 0.3 is 0 Å². The van der Waals surface area contributed by atoms with E-state index in [1.807, 2.05) is 36.4 Å². The highest BCUT2D eigenvalue weighted by Gasteiger charge is 2.22. The van der Waals surface area contributed by atoms with Crippen molar-refractivity contribution in [1.82, 2.24) is 20.8 Å². The lowest BCUT2D eigenvalue weighted by atomic mass is 9.91. The van der Waals surface area contributed by atoms with E-state index >= 15 is 0 Å². The third-order valence-corrected chi connectivity index (χ3v) is 5.56. The molecular formula is C23H28N4O2. The monoisotopic (exact) mass is 392 g/mol. The van der Waals surface area contributed by atoms with Crippen LogP contribution in [-0.4, -0.2) is 41.3 Å². The van der Waals surface area contributed by atoms with Crippen LogP contribution in [-0.2, 0) is 11.3 Å². The van der Waals surface area contributed by atoms with Crippen LogP contribution in [0.5, 0.6) is 0 Å². The molecule has 0 bridgehead atoms. The number of benzene rings is 2. The predicted octanol–water partition coefficient (Wildman–Crippen LogP) is 3.41. The number of aromatic nitrogens is 2. The number of rotatable bonds is 8. The van der Waals surface area contributed by atoms with Crippen molar-refractivity contribution in [2.75, 3.05) is 13.2 Å². The summed E-state index contributed by atoms with van der Waals surface area (Å²) in [6, 6.07) is 16.6. The smallest absolute Gasteiger partial charge is 0.251 e. The topological polar surface area (TPSA) is 79.0 Å². The summed E-state index contributed by atoms with van der Waals surface area (Å²) in [5, 5.41) is 14.6. The maximum absolute atomic E-state index is 12.5. The first kappa shape index (κ1) is 19.6. The van der Waals surface area contributed by atoms with E-state index in [1.165, 1.54) is 5.56 Å². The van der Waals surface area contributed by atoms with Gasteiger partial charge in [0.05, 0.1) is 24.9 Å². The van der Waals surface area contributed by atoms with E-state index in [0.29, 0.717) is 24.8 Å². The fourth-order valence-corrected chi connectivity index (χ4v) is 3.89. The van der Waals surface area contributed by atoms with Gasteiger partial charge in [0.2, 0.25) is 0 Å². The summed E-state index contributed by atoms with van der Waals surface area (Å²) in [7, 11) is 0. The molecule has 4 rings (SSSR count). The van der Waals surface area contributed by atoms with Crippen LogP contribution in [0.3, 0.4) is 0 Å². The van der Waals surface area contributed by atoms with E-state index in [9.17, 15) is 4.79 Å². The van der Waals surface area contributed by atoms with Crippen molar-refractivity contribution in [3.05, 3.63) is 65.9 Å². The fourth-order valence-electron chi connectivity index (χ4n) is 3.89. The zero-order chi connectivity index (χ0) is 19.9. The van der Waals surface area contributed by atoms with E-state index in [4.69, 9.17) is 4.74 Å². The van der Waals surface area contributed by atoms with Crippen molar-refractivity contribution >= 4 is 16.8 Å². The summed E-state index contributed by atoms with van der Waals surface area (Å²) in [5.41, 5.74) is 2.84. The molecule has 152 valence electrons. The number of nitrogens with zero attached hydrogens (tertiary/aromatic N) is 1. The number of carbonyl (C=O) groups excluding carboxylic acids is 1. The molecule has 3 aromatic rings. The van der Waals surface area contributed by atoms with Crippen LogP contribution in [0.15, 0.2) is 54.7 Å². The Hall–Kier alpha value is -2.70. The quantitative estimate of drug-likeness (QED) is 0.513. The van der Waals surface area contributed by atoms with Crippen molar-refractivity contribution in [3.8, 4) is 0 Å². The second kappa shape index (κ2) is 9.67. The van der Waals surface area contributed by atoms with Gasteiger partial charge in [0.25, 0.3) is 5.91 Å². The van der Waals surface area contributed by atoms with Crippen LogP contribution in [0.4, 0.5) is 0 Å². The fraction of sp³-hybridized carbons (Fsp3) is 0.391. The highest BCUT2D eigenvalue weighted by molar-refractivity contribution is 5.98. The normalized spacial score (nSPS) is 19.3. The molecule has 3 N–H and O–H groups in total. The molecule has 1 aliphatic rings. The molecule has 2 aromatic carbocycles. The molecule has 0 atom stereocenters. The summed E-state index contributed by atoms with van der Waals surface area (Å²) in [4.78, 5) is 12.5. The molecule has 0 spiro atoms. The van der Waals surface area contributed by atoms with Crippen LogP contribution in [0, 0.1) is 0 Å². The zero-order valence-electron chi connectivity index (χ0n) is 16.6. The highest BCUT2D eigenvalue weighted by Crippen LogP contribution is 2.20. The summed E-state index contributed by atoms with van der Waals surface area (Å²) < 4.78 is 5.73. The Morgan fingerprint density at radius 1 is 1.07 bits per heavy atom. The first-order chi connectivity index (χ1) is 14.3. The van der Waals surface area contributed by atoms with Crippen molar-refractivity contribution in [1.29, 1.82) is 0 Å². The number of hydrogen-bond donors (Lipinski definition) is 3. The molecule has 1 heterocycles. The third kappa shape index (κ3) is 5.43. The van der Waals surface area contributed by atoms with E-state index in [-0.39, 0.29) is 11.9 Å². The van der Waals surface area contributed by atoms with Crippen LogP contribution < -0.4 is 10.6 Å². The van der Waals surface area contributed by atoms with E-state index in [0.717, 1.165) is 43.1 Å². The van der Waals surface area contributed by atoms with Gasteiger partial charge in [-0.15, -0.1) is 0 Å². The number of ether oxygens (including phenoxy) is 1. The van der Waals surface area contributed by atoms with Gasteiger partial charge in [0, 0.05) is 29.6 Å². The van der Waals surface area contributed by atoms with Gasteiger partial charge in [0.15, 0.2) is 0 Å². The largest absolute Gasteiger partial charge is 0.375 e. The van der Waals surface area contributed by atoms with Crippen molar-refractivity contribution in [2.45, 2.75) is 44.4 Å². The Morgan fingerprint density at radius 3 is 2.69 bits per heavy atom. The Labute approximate surface area is 171 Å². The van der Waals surface area contributed by atoms with Crippen LogP contribution >= 0.6 is 0 Å². The van der Waals surface area contributed by atoms with Gasteiger partial charge in [-0.1, -0.05) is 30.3 Å². The first-order valence-corrected chi connectivity index (χ1v) is 10.4. The van der Waals surface area contributed by atoms with Crippen LogP contribution in [0.1, 0.15) is 41.6 Å². The molecule has 1 amide bonds. The lowest BCUT2D eigenvalue weighted by Crippen LogP contribution is -2.42. The average molecular weight is 393 g/mol. The van der Waals surface area contributed by atoms with Gasteiger partial charge in [-0.3, -0.25) is 9.89 Å². The number of aromatic amines is 1. The maximum Gasteiger partial charge on any atom is 0.251 e. The number of nitrogens with one attached hydrogen (secondary N) is 3. The van der Waals surface area contributed by atoms with Gasteiger partial charge in [-0.25, -0.2) is 0 Å². The SMILES string of the molecule is O=C(NC1CCC(NCCOCc2ccccc2)CC1)c1ccc2[nH]ncc2c1. The maximum atomic E-state index is 12.5. The zero-order valence-corrected chi connectivity index (χ0v) is 16.6. The molecule has 1 aliphatic carbocycles. The Morgan fingerprint density at radius 2 is 1.86 bits per heavy atom. The molecule has 0 radical (unpaired) electrons. The second-order valence-corrected chi connectivity index (χ2v) is 7.69. The molecular weight excluding hydrogens is 364 g/mol. The van der Waals surface area contributed by atoms with Gasteiger partial charge in [-0.2, -0.15) is 5.10 Å². The van der Waals surface area contributed by atoms with E-state index < -0.39 is 0 Å². The molecule has 6 nitrogen and oxygen atoms in total. The van der Waals surface area contributed by atoms with E-state index in [2.05, 4.69) is 33.0 Å². The molecule has 6 heteroatoms. The number of fused-ring (bicyclic) bond motifs is 1. The molecule has 1 aromatic heterocycles. The minimum Gasteiger partial charge on any atom is -0.375 e. The van der Waals surface area contributed by atoms with Gasteiger partial charge < -0.3 is 15.4 Å². The lowest BCUT2D eigenvalue weighted by molar-refractivity contribution is 0.0922. The number of hydrogen-bond acceptors (Lipinski definition) is 4. The summed E-state index contributed by atoms with van der Waals surface area (Å²) >= 11 is 0. The lowest BCUT2D eigenvalue weighted by Gasteiger charge is -2.29. The summed E-state index contributed by atoms with van der Waals surface area (Å²) in [5.74, 6) is -0.00109.